The molecule has 0 aromatic heterocycles. The van der Waals surface area contributed by atoms with Crippen molar-refractivity contribution in [3.63, 3.8) is 0 Å². The predicted octanol–water partition coefficient (Wildman–Crippen LogP) is 1.93. The van der Waals surface area contributed by atoms with E-state index in [4.69, 9.17) is 4.74 Å². The molecule has 2 aliphatic rings. The maximum absolute atomic E-state index is 12.7. The van der Waals surface area contributed by atoms with E-state index in [0.29, 0.717) is 18.9 Å². The van der Waals surface area contributed by atoms with Crippen LogP contribution in [0.3, 0.4) is 0 Å². The quantitative estimate of drug-likeness (QED) is 0.583. The fraction of sp³-hybridized carbons (Fsp3) is 0.652. The second-order valence-electron chi connectivity index (χ2n) is 8.34. The van der Waals surface area contributed by atoms with Gasteiger partial charge in [-0.25, -0.2) is 0 Å². The molecule has 7 heteroatoms. The highest BCUT2D eigenvalue weighted by Gasteiger charge is 2.48. The number of benzene rings is 1. The number of nitrogens with two attached hydrogens (primary N) is 1. The highest BCUT2D eigenvalue weighted by Crippen LogP contribution is 2.34. The molecule has 2 aliphatic heterocycles. The van der Waals surface area contributed by atoms with Crippen LogP contribution in [0.2, 0.25) is 0 Å². The zero-order valence-electron chi connectivity index (χ0n) is 18.3. The smallest absolute Gasteiger partial charge is 0.279 e. The first kappa shape index (κ1) is 22.9. The molecule has 2 saturated heterocycles. The maximum Gasteiger partial charge on any atom is 0.279 e. The van der Waals surface area contributed by atoms with Crippen LogP contribution in [-0.4, -0.2) is 60.1 Å². The van der Waals surface area contributed by atoms with Crippen LogP contribution in [0.5, 0.6) is 5.75 Å². The number of nitrogens with one attached hydrogen (secondary N) is 1. The van der Waals surface area contributed by atoms with Gasteiger partial charge in [-0.2, -0.15) is 0 Å². The van der Waals surface area contributed by atoms with Gasteiger partial charge in [0.2, 0.25) is 5.91 Å². The lowest BCUT2D eigenvalue weighted by Gasteiger charge is -2.36. The standard InChI is InChI=1S/C23H35N3O3S/c1-3-4-5-10-21(27)26-15-12-23(13-16-26)25-19(17-30-23)22(28)24-14-11-18-8-6-7-9-20(18)29-2/h6-9,19,25H,3-5,10-17H2,1-2H3,(H,24,28)/p+1/t19-/m1/s1. The number of thioether (sulfide) groups is 1. The van der Waals surface area contributed by atoms with E-state index in [9.17, 15) is 9.59 Å². The maximum atomic E-state index is 12.7. The number of piperidine rings is 1. The van der Waals surface area contributed by atoms with Crippen LogP contribution in [0, 0.1) is 0 Å². The van der Waals surface area contributed by atoms with Crippen molar-refractivity contribution in [3.8, 4) is 5.75 Å². The fourth-order valence-electron chi connectivity index (χ4n) is 4.36. The Balaban J connectivity index is 1.40. The average Bonchev–Trinajstić information content (AvgIpc) is 3.18. The number of rotatable bonds is 9. The number of likely N-dealkylation sites (tertiary alicyclic amines) is 1. The Bertz CT molecular complexity index is 719. The topological polar surface area (TPSA) is 75.2 Å². The number of nitrogens with zero attached hydrogens (tertiary/aromatic N) is 1. The summed E-state index contributed by atoms with van der Waals surface area (Å²) in [6, 6.07) is 7.89. The van der Waals surface area contributed by atoms with Gasteiger partial charge in [-0.3, -0.25) is 9.59 Å². The van der Waals surface area contributed by atoms with E-state index in [1.54, 1.807) is 7.11 Å². The summed E-state index contributed by atoms with van der Waals surface area (Å²) < 4.78 is 5.38. The van der Waals surface area contributed by atoms with Crippen molar-refractivity contribution in [2.75, 3.05) is 32.5 Å². The predicted molar refractivity (Wildman–Crippen MR) is 121 cm³/mol. The zero-order chi connectivity index (χ0) is 21.4. The fourth-order valence-corrected chi connectivity index (χ4v) is 5.85. The van der Waals surface area contributed by atoms with Crippen LogP contribution >= 0.6 is 11.8 Å². The number of hydrogen-bond acceptors (Lipinski definition) is 4. The molecule has 0 saturated carbocycles. The summed E-state index contributed by atoms with van der Waals surface area (Å²) in [7, 11) is 1.67. The first-order valence-corrected chi connectivity index (χ1v) is 12.2. The SMILES string of the molecule is CCCCCC(=O)N1CCC2(CC1)[NH2+][C@@H](C(=O)NCCc1ccccc1OC)CS2. The van der Waals surface area contributed by atoms with Crippen molar-refractivity contribution in [3.05, 3.63) is 29.8 Å². The lowest BCUT2D eigenvalue weighted by Crippen LogP contribution is -2.99. The molecule has 0 radical (unpaired) electrons. The molecule has 0 unspecified atom stereocenters. The minimum absolute atomic E-state index is 0.0422. The van der Waals surface area contributed by atoms with E-state index in [0.717, 1.165) is 68.7 Å². The number of carbonyl (C=O) groups excluding carboxylic acids is 2. The molecular formula is C23H36N3O3S+. The average molecular weight is 435 g/mol. The van der Waals surface area contributed by atoms with E-state index >= 15 is 0 Å². The molecule has 3 rings (SSSR count). The van der Waals surface area contributed by atoms with Crippen molar-refractivity contribution in [1.29, 1.82) is 0 Å². The molecule has 1 aromatic rings. The van der Waals surface area contributed by atoms with Crippen molar-refractivity contribution < 1.29 is 19.6 Å². The lowest BCUT2D eigenvalue weighted by atomic mass is 10.0. The van der Waals surface area contributed by atoms with Crippen LogP contribution in [0.1, 0.15) is 51.0 Å². The van der Waals surface area contributed by atoms with Crippen molar-refractivity contribution in [1.82, 2.24) is 10.2 Å². The number of methoxy groups -OCH3 is 1. The van der Waals surface area contributed by atoms with E-state index in [-0.39, 0.29) is 16.8 Å². The molecule has 0 bridgehead atoms. The Morgan fingerprint density at radius 2 is 2.03 bits per heavy atom. The van der Waals surface area contributed by atoms with Crippen molar-refractivity contribution in [2.24, 2.45) is 0 Å². The van der Waals surface area contributed by atoms with E-state index in [1.807, 2.05) is 40.9 Å². The number of ether oxygens (including phenoxy) is 1. The van der Waals surface area contributed by atoms with Gasteiger partial charge >= 0.3 is 0 Å². The van der Waals surface area contributed by atoms with Crippen LogP contribution in [0.15, 0.2) is 24.3 Å². The first-order chi connectivity index (χ1) is 14.6. The van der Waals surface area contributed by atoms with Gasteiger partial charge in [-0.05, 0) is 24.5 Å². The minimum Gasteiger partial charge on any atom is -0.496 e. The van der Waals surface area contributed by atoms with Gasteiger partial charge in [-0.1, -0.05) is 49.7 Å². The Morgan fingerprint density at radius 3 is 2.77 bits per heavy atom. The van der Waals surface area contributed by atoms with Crippen LogP contribution in [0.4, 0.5) is 0 Å². The van der Waals surface area contributed by atoms with Gasteiger partial charge in [-0.15, -0.1) is 0 Å². The summed E-state index contributed by atoms with van der Waals surface area (Å²) in [5.41, 5.74) is 1.11. The largest absolute Gasteiger partial charge is 0.496 e. The summed E-state index contributed by atoms with van der Waals surface area (Å²) in [4.78, 5) is 27.1. The number of unbranched alkanes of at least 4 members (excludes halogenated alkanes) is 2. The normalized spacial score (nSPS) is 20.3. The third-order valence-electron chi connectivity index (χ3n) is 6.23. The molecule has 166 valence electrons. The molecule has 0 aliphatic carbocycles. The third kappa shape index (κ3) is 5.91. The number of para-hydroxylation sites is 1. The molecule has 1 aromatic carbocycles. The molecule has 1 spiro atoms. The molecule has 6 nitrogen and oxygen atoms in total. The highest BCUT2D eigenvalue weighted by atomic mass is 32.2. The van der Waals surface area contributed by atoms with Gasteiger partial charge in [0, 0.05) is 38.9 Å². The molecule has 1 atom stereocenters. The summed E-state index contributed by atoms with van der Waals surface area (Å²) in [5.74, 6) is 2.12. The van der Waals surface area contributed by atoms with Gasteiger partial charge in [0.15, 0.2) is 6.04 Å². The van der Waals surface area contributed by atoms with Gasteiger partial charge in [0.05, 0.1) is 12.9 Å². The van der Waals surface area contributed by atoms with E-state index in [2.05, 4.69) is 17.6 Å². The number of quaternary nitrogens is 1. The number of hydrogen-bond donors (Lipinski definition) is 2. The van der Waals surface area contributed by atoms with Gasteiger partial charge in [0.1, 0.15) is 10.6 Å². The Kier molecular flexibility index (Phi) is 8.45. The zero-order valence-corrected chi connectivity index (χ0v) is 19.1. The monoisotopic (exact) mass is 434 g/mol. The second-order valence-corrected chi connectivity index (χ2v) is 9.77. The Hall–Kier alpha value is -1.73. The summed E-state index contributed by atoms with van der Waals surface area (Å²) in [6.45, 7) is 4.40. The van der Waals surface area contributed by atoms with Crippen molar-refractivity contribution in [2.45, 2.75) is 62.8 Å². The van der Waals surface area contributed by atoms with Gasteiger partial charge < -0.3 is 20.3 Å². The summed E-state index contributed by atoms with van der Waals surface area (Å²) in [6.07, 6.45) is 6.62. The molecule has 2 fully saturated rings. The second kappa shape index (κ2) is 11.0. The lowest BCUT2D eigenvalue weighted by molar-refractivity contribution is -0.714. The van der Waals surface area contributed by atoms with Crippen LogP contribution < -0.4 is 15.4 Å². The summed E-state index contributed by atoms with van der Waals surface area (Å²) >= 11 is 1.90. The Morgan fingerprint density at radius 1 is 1.27 bits per heavy atom. The molecule has 2 amide bonds. The van der Waals surface area contributed by atoms with Crippen molar-refractivity contribution >= 4 is 23.6 Å². The molecular weight excluding hydrogens is 398 g/mol. The summed E-state index contributed by atoms with van der Waals surface area (Å²) in [5, 5.41) is 5.36. The molecule has 3 N–H and O–H groups in total. The Labute approximate surface area is 184 Å². The van der Waals surface area contributed by atoms with Gasteiger partial charge in [0.25, 0.3) is 5.91 Å². The minimum atomic E-state index is -0.0422. The van der Waals surface area contributed by atoms with Crippen LogP contribution in [-0.2, 0) is 16.0 Å². The van der Waals surface area contributed by atoms with E-state index in [1.165, 1.54) is 0 Å². The molecule has 2 heterocycles. The number of carbonyl (C=O) groups is 2. The first-order valence-electron chi connectivity index (χ1n) is 11.2. The van der Waals surface area contributed by atoms with Crippen LogP contribution in [0.25, 0.3) is 0 Å². The highest BCUT2D eigenvalue weighted by molar-refractivity contribution is 8.00. The van der Waals surface area contributed by atoms with E-state index < -0.39 is 0 Å². The third-order valence-corrected chi connectivity index (χ3v) is 7.88. The number of amides is 2. The molecule has 30 heavy (non-hydrogen) atoms.